The molecule has 358 valence electrons. The first kappa shape index (κ1) is 48.9. The molecule has 10 rings (SSSR count). The molecule has 0 radical (unpaired) electrons. The van der Waals surface area contributed by atoms with E-state index in [-0.39, 0.29) is 12.8 Å². The van der Waals surface area contributed by atoms with Crippen molar-refractivity contribution in [3.05, 3.63) is 178 Å². The quantitative estimate of drug-likeness (QED) is 0.0772. The summed E-state index contributed by atoms with van der Waals surface area (Å²) in [5, 5.41) is 7.42. The third-order valence-corrected chi connectivity index (χ3v) is 16.5. The largest absolute Gasteiger partial charge is 0.748 e. The Morgan fingerprint density at radius 1 is 0.671 bits per heavy atom. The summed E-state index contributed by atoms with van der Waals surface area (Å²) in [7, 11) is -8.69. The van der Waals surface area contributed by atoms with Gasteiger partial charge in [-0.15, -0.1) is 0 Å². The van der Waals surface area contributed by atoms with Crippen LogP contribution in [0.15, 0.2) is 167 Å². The standard InChI is InChI=1S/C33H32N2O6S4.C23H23N2/c1-2-23(21-30-34(17-7-19-44(36,37)38)32-26-11-5-3-9-24(26)13-15-28(32)42-30)22-31-35(18-8-20-45(39,40)41)33-27-12-6-4-10-25(27)14-16-29(33)43-31;1-3-24-20(15-13-18-9-5-7-11-22(18)24)17-21-16-14-19-10-6-8-12-23(19)25(21)4-2/h3-6,9-16,21-22H,2,7-8,17-20H2,1H3,(H-,36,37,38,39,40,41);5-17H,3-4H2,1-2H3/q;+1/p-1. The molecule has 0 saturated carbocycles. The lowest BCUT2D eigenvalue weighted by molar-refractivity contribution is -0.669. The molecule has 0 amide bonds. The monoisotopic (exact) mass is 1010 g/mol. The SMILES string of the molecule is CCC(=C\c1sc2ccc3ccccc3c2[n+]1CCCS(=O)(=O)[O-])/C=C1/Sc2ccc3ccccc3c2N1CCCS(=O)(=O)[O-].CCN1/C(=C/c2ccc3ccccc3[n+]2CC)C=Cc2ccccc21. The molecule has 6 aromatic carbocycles. The molecule has 0 saturated heterocycles. The number of aryl methyl sites for hydroxylation is 2. The number of thioether (sulfide) groups is 1. The Labute approximate surface area is 418 Å². The molecular weight excluding hydrogens is 953 g/mol. The molecule has 4 heterocycles. The topological polar surface area (TPSA) is 129 Å². The van der Waals surface area contributed by atoms with Crippen molar-refractivity contribution >= 4 is 116 Å². The van der Waals surface area contributed by atoms with E-state index in [0.717, 1.165) is 71.0 Å². The van der Waals surface area contributed by atoms with E-state index in [9.17, 15) is 25.9 Å². The summed E-state index contributed by atoms with van der Waals surface area (Å²) >= 11 is 3.23. The second-order valence-electron chi connectivity index (χ2n) is 17.2. The molecule has 0 unspecified atom stereocenters. The zero-order valence-electron chi connectivity index (χ0n) is 39.3. The second-order valence-corrected chi connectivity index (χ2v) is 22.3. The predicted octanol–water partition coefficient (Wildman–Crippen LogP) is 11.7. The van der Waals surface area contributed by atoms with Crippen LogP contribution in [0.2, 0.25) is 0 Å². The zero-order chi connectivity index (χ0) is 49.0. The van der Waals surface area contributed by atoms with E-state index in [2.05, 4.69) is 167 Å². The highest BCUT2D eigenvalue weighted by Crippen LogP contribution is 2.50. The van der Waals surface area contributed by atoms with Crippen molar-refractivity contribution in [2.24, 2.45) is 0 Å². The van der Waals surface area contributed by atoms with Crippen LogP contribution in [-0.4, -0.2) is 50.5 Å². The van der Waals surface area contributed by atoms with Crippen LogP contribution >= 0.6 is 23.1 Å². The number of hydrogen-bond acceptors (Lipinski definition) is 10. The number of benzene rings is 6. The minimum atomic E-state index is -4.34. The van der Waals surface area contributed by atoms with E-state index in [1.165, 1.54) is 33.5 Å². The Hall–Kier alpha value is -6.13. The van der Waals surface area contributed by atoms with Gasteiger partial charge in [0.15, 0.2) is 6.54 Å². The Morgan fingerprint density at radius 3 is 2.07 bits per heavy atom. The molecule has 0 fully saturated rings. The molecule has 2 aliphatic rings. The van der Waals surface area contributed by atoms with Crippen LogP contribution in [0.4, 0.5) is 11.4 Å². The van der Waals surface area contributed by atoms with Gasteiger partial charge < -0.3 is 18.9 Å². The van der Waals surface area contributed by atoms with E-state index < -0.39 is 31.7 Å². The summed E-state index contributed by atoms with van der Waals surface area (Å²) in [5.41, 5.74) is 9.35. The van der Waals surface area contributed by atoms with Gasteiger partial charge in [-0.05, 0) is 97.1 Å². The summed E-state index contributed by atoms with van der Waals surface area (Å²) < 4.78 is 74.2. The molecule has 2 aromatic heterocycles. The minimum absolute atomic E-state index is 0.198. The van der Waals surface area contributed by atoms with Crippen LogP contribution in [0.5, 0.6) is 0 Å². The highest BCUT2D eigenvalue weighted by atomic mass is 32.2. The number of allylic oxidation sites excluding steroid dienone is 3. The lowest BCUT2D eigenvalue weighted by Crippen LogP contribution is -2.37. The molecule has 2 aliphatic heterocycles. The van der Waals surface area contributed by atoms with Crippen LogP contribution in [-0.2, 0) is 33.3 Å². The van der Waals surface area contributed by atoms with E-state index in [4.69, 9.17) is 0 Å². The lowest BCUT2D eigenvalue weighted by Gasteiger charge is -2.29. The number of rotatable bonds is 14. The van der Waals surface area contributed by atoms with E-state index >= 15 is 0 Å². The summed E-state index contributed by atoms with van der Waals surface area (Å²) in [6.45, 7) is 9.13. The first-order chi connectivity index (χ1) is 33.8. The Bertz CT molecular complexity index is 3640. The number of hydrogen-bond donors (Lipinski definition) is 0. The normalized spacial score (nSPS) is 15.1. The molecule has 0 aliphatic carbocycles. The average molecular weight is 1010 g/mol. The van der Waals surface area contributed by atoms with Gasteiger partial charge in [-0.3, -0.25) is 0 Å². The van der Waals surface area contributed by atoms with E-state index in [1.54, 1.807) is 23.1 Å². The molecule has 0 N–H and O–H groups in total. The van der Waals surface area contributed by atoms with Gasteiger partial charge in [0.05, 0.1) is 36.3 Å². The number of likely N-dealkylation sites (N-methyl/N-ethyl adjacent to an activating group) is 1. The maximum Gasteiger partial charge on any atom is 0.263 e. The number of nitrogens with zero attached hydrogens (tertiary/aromatic N) is 4. The van der Waals surface area contributed by atoms with Crippen molar-refractivity contribution in [2.75, 3.05) is 34.4 Å². The Balaban J connectivity index is 0.000000205. The third-order valence-electron chi connectivity index (χ3n) is 12.7. The van der Waals surface area contributed by atoms with Crippen molar-refractivity contribution in [1.82, 2.24) is 0 Å². The van der Waals surface area contributed by atoms with Crippen molar-refractivity contribution < 1.29 is 35.1 Å². The van der Waals surface area contributed by atoms with Crippen LogP contribution in [0, 0.1) is 0 Å². The van der Waals surface area contributed by atoms with Gasteiger partial charge in [-0.1, -0.05) is 121 Å². The fourth-order valence-corrected chi connectivity index (χ4v) is 12.8. The van der Waals surface area contributed by atoms with Gasteiger partial charge in [0.25, 0.3) is 5.01 Å². The molecule has 8 aromatic rings. The lowest BCUT2D eigenvalue weighted by atomic mass is 10.0. The number of thiazole rings is 1. The number of fused-ring (bicyclic) bond motifs is 8. The molecular formula is C56H54N4O6S4. The molecule has 70 heavy (non-hydrogen) atoms. The molecule has 0 bridgehead atoms. The summed E-state index contributed by atoms with van der Waals surface area (Å²) in [5.74, 6) is -0.875. The fourth-order valence-electron chi connectivity index (χ4n) is 9.43. The van der Waals surface area contributed by atoms with Gasteiger partial charge in [-0.25, -0.2) is 16.8 Å². The number of aromatic nitrogens is 2. The summed E-state index contributed by atoms with van der Waals surface area (Å²) in [4.78, 5) is 5.55. The van der Waals surface area contributed by atoms with Crippen LogP contribution < -0.4 is 18.9 Å². The van der Waals surface area contributed by atoms with Gasteiger partial charge in [0, 0.05) is 82.4 Å². The Kier molecular flexibility index (Phi) is 14.7. The predicted molar refractivity (Wildman–Crippen MR) is 288 cm³/mol. The molecule has 14 heteroatoms. The highest BCUT2D eigenvalue weighted by Gasteiger charge is 2.28. The second kappa shape index (κ2) is 21.1. The number of para-hydroxylation sites is 2. The summed E-state index contributed by atoms with van der Waals surface area (Å²) in [6.07, 6.45) is 12.1. The van der Waals surface area contributed by atoms with E-state index in [0.29, 0.717) is 19.5 Å². The maximum atomic E-state index is 11.4. The van der Waals surface area contributed by atoms with Crippen molar-refractivity contribution in [3.8, 4) is 0 Å². The molecule has 0 atom stereocenters. The molecule has 10 nitrogen and oxygen atoms in total. The third kappa shape index (κ3) is 10.8. The number of anilines is 2. The highest BCUT2D eigenvalue weighted by molar-refractivity contribution is 8.03. The van der Waals surface area contributed by atoms with Crippen molar-refractivity contribution in [1.29, 1.82) is 0 Å². The Morgan fingerprint density at radius 2 is 1.33 bits per heavy atom. The van der Waals surface area contributed by atoms with Crippen LogP contribution in [0.25, 0.3) is 60.9 Å². The first-order valence-corrected chi connectivity index (χ1v) is 28.4. The minimum Gasteiger partial charge on any atom is -0.748 e. The van der Waals surface area contributed by atoms with Crippen molar-refractivity contribution in [2.45, 2.75) is 58.0 Å². The van der Waals surface area contributed by atoms with Crippen LogP contribution in [0.3, 0.4) is 0 Å². The fraction of sp³-hybridized carbons (Fsp3) is 0.214. The zero-order valence-corrected chi connectivity index (χ0v) is 42.6. The first-order valence-electron chi connectivity index (χ1n) is 23.6. The summed E-state index contributed by atoms with van der Waals surface area (Å²) in [6, 6.07) is 46.0. The van der Waals surface area contributed by atoms with Gasteiger partial charge in [-0.2, -0.15) is 9.13 Å². The number of pyridine rings is 1. The van der Waals surface area contributed by atoms with Crippen LogP contribution in [0.1, 0.15) is 56.3 Å². The van der Waals surface area contributed by atoms with Gasteiger partial charge >= 0.3 is 0 Å². The maximum absolute atomic E-state index is 11.4. The van der Waals surface area contributed by atoms with E-state index in [1.807, 2.05) is 36.4 Å². The molecule has 0 spiro atoms. The average Bonchev–Trinajstić information content (AvgIpc) is 3.89. The smallest absolute Gasteiger partial charge is 0.263 e. The van der Waals surface area contributed by atoms with Gasteiger partial charge in [0.2, 0.25) is 16.7 Å². The van der Waals surface area contributed by atoms with Gasteiger partial charge in [0.1, 0.15) is 11.2 Å². The van der Waals surface area contributed by atoms with Crippen molar-refractivity contribution in [3.63, 3.8) is 0 Å².